The lowest BCUT2D eigenvalue weighted by Crippen LogP contribution is -2.61. The van der Waals surface area contributed by atoms with Crippen LogP contribution in [0.1, 0.15) is 11.1 Å². The maximum atomic E-state index is 11.1. The van der Waals surface area contributed by atoms with Crippen molar-refractivity contribution in [2.24, 2.45) is 5.73 Å². The van der Waals surface area contributed by atoms with Crippen LogP contribution in [-0.2, 0) is 21.4 Å². The van der Waals surface area contributed by atoms with Crippen LogP contribution in [-0.4, -0.2) is 36.9 Å². The van der Waals surface area contributed by atoms with Crippen LogP contribution in [0.3, 0.4) is 0 Å². The molecule has 5 heteroatoms. The summed E-state index contributed by atoms with van der Waals surface area (Å²) >= 11 is 0. The van der Waals surface area contributed by atoms with Crippen LogP contribution >= 0.6 is 0 Å². The zero-order chi connectivity index (χ0) is 12.8. The number of nitrogens with two attached hydrogens (primary N) is 1. The number of ether oxygens (including phenoxy) is 2. The molecule has 1 saturated heterocycles. The molecule has 1 atom stereocenters. The van der Waals surface area contributed by atoms with E-state index < -0.39 is 17.4 Å². The minimum Gasteiger partial charge on any atom is -0.493 e. The van der Waals surface area contributed by atoms with Crippen molar-refractivity contribution in [3.63, 3.8) is 0 Å². The summed E-state index contributed by atoms with van der Waals surface area (Å²) in [5.41, 5.74) is 7.29. The fraction of sp³-hybridized carbons (Fsp3) is 0.462. The van der Waals surface area contributed by atoms with E-state index in [0.717, 1.165) is 23.3 Å². The molecule has 5 nitrogen and oxygen atoms in total. The van der Waals surface area contributed by atoms with Crippen molar-refractivity contribution in [1.82, 2.24) is 0 Å². The largest absolute Gasteiger partial charge is 0.493 e. The van der Waals surface area contributed by atoms with Crippen LogP contribution in [0.2, 0.25) is 0 Å². The third-order valence-electron chi connectivity index (χ3n) is 3.85. The number of rotatable bonds is 3. The van der Waals surface area contributed by atoms with E-state index in [1.165, 1.54) is 0 Å². The maximum absolute atomic E-state index is 11.1. The van der Waals surface area contributed by atoms with Crippen molar-refractivity contribution < 1.29 is 19.4 Å². The third kappa shape index (κ3) is 1.51. The number of hydrogen-bond donors (Lipinski definition) is 2. The van der Waals surface area contributed by atoms with E-state index in [0.29, 0.717) is 19.8 Å². The van der Waals surface area contributed by atoms with E-state index in [-0.39, 0.29) is 0 Å². The topological polar surface area (TPSA) is 81.8 Å². The predicted octanol–water partition coefficient (Wildman–Crippen LogP) is 0.301. The van der Waals surface area contributed by atoms with Gasteiger partial charge in [-0.05, 0) is 17.2 Å². The fourth-order valence-corrected chi connectivity index (χ4v) is 2.58. The number of carboxylic acid groups (broad SMARTS) is 1. The lowest BCUT2D eigenvalue weighted by molar-refractivity contribution is -0.148. The maximum Gasteiger partial charge on any atom is 0.321 e. The lowest BCUT2D eigenvalue weighted by Gasteiger charge is -2.44. The Morgan fingerprint density at radius 2 is 2.22 bits per heavy atom. The molecule has 2 aliphatic rings. The molecule has 0 aliphatic carbocycles. The molecule has 0 aromatic heterocycles. The van der Waals surface area contributed by atoms with Gasteiger partial charge >= 0.3 is 5.97 Å². The zero-order valence-electron chi connectivity index (χ0n) is 9.89. The number of benzene rings is 1. The van der Waals surface area contributed by atoms with E-state index in [2.05, 4.69) is 0 Å². The van der Waals surface area contributed by atoms with Gasteiger partial charge in [0.2, 0.25) is 0 Å². The molecular weight excluding hydrogens is 234 g/mol. The predicted molar refractivity (Wildman–Crippen MR) is 63.7 cm³/mol. The summed E-state index contributed by atoms with van der Waals surface area (Å²) in [5, 5.41) is 9.13. The van der Waals surface area contributed by atoms with E-state index in [1.807, 2.05) is 18.2 Å². The number of carboxylic acids is 1. The fourth-order valence-electron chi connectivity index (χ4n) is 2.58. The molecule has 1 unspecified atom stereocenters. The van der Waals surface area contributed by atoms with Crippen molar-refractivity contribution in [2.75, 3.05) is 19.8 Å². The Morgan fingerprint density at radius 3 is 2.83 bits per heavy atom. The Balaban J connectivity index is 1.99. The third-order valence-corrected chi connectivity index (χ3v) is 3.85. The molecule has 1 aromatic rings. The van der Waals surface area contributed by atoms with Gasteiger partial charge < -0.3 is 20.3 Å². The van der Waals surface area contributed by atoms with Gasteiger partial charge in [0, 0.05) is 6.42 Å². The van der Waals surface area contributed by atoms with Gasteiger partial charge in [-0.15, -0.1) is 0 Å². The molecule has 2 heterocycles. The first-order valence-corrected chi connectivity index (χ1v) is 5.96. The molecule has 0 spiro atoms. The van der Waals surface area contributed by atoms with Crippen molar-refractivity contribution >= 4 is 5.97 Å². The molecule has 96 valence electrons. The number of aliphatic carboxylic acids is 1. The minimum atomic E-state index is -0.991. The second-order valence-electron chi connectivity index (χ2n) is 4.89. The summed E-state index contributed by atoms with van der Waals surface area (Å²) in [6, 6.07) is 4.86. The first kappa shape index (κ1) is 11.5. The van der Waals surface area contributed by atoms with Gasteiger partial charge in [0.05, 0.1) is 25.2 Å². The van der Waals surface area contributed by atoms with Crippen molar-refractivity contribution in [2.45, 2.75) is 17.9 Å². The Labute approximate surface area is 104 Å². The van der Waals surface area contributed by atoms with Gasteiger partial charge in [0.15, 0.2) is 0 Å². The molecule has 1 fully saturated rings. The Hall–Kier alpha value is -1.59. The van der Waals surface area contributed by atoms with Gasteiger partial charge in [0.1, 0.15) is 11.8 Å². The normalized spacial score (nSPS) is 21.6. The smallest absolute Gasteiger partial charge is 0.321 e. The molecule has 2 aliphatic heterocycles. The number of hydrogen-bond acceptors (Lipinski definition) is 4. The highest BCUT2D eigenvalue weighted by atomic mass is 16.5. The van der Waals surface area contributed by atoms with Gasteiger partial charge in [0.25, 0.3) is 0 Å². The molecule has 0 radical (unpaired) electrons. The quantitative estimate of drug-likeness (QED) is 0.805. The summed E-state index contributed by atoms with van der Waals surface area (Å²) in [4.78, 5) is 11.1. The van der Waals surface area contributed by atoms with Gasteiger partial charge in [-0.25, -0.2) is 0 Å². The van der Waals surface area contributed by atoms with Crippen LogP contribution in [0.25, 0.3) is 0 Å². The second kappa shape index (κ2) is 3.96. The minimum absolute atomic E-state index is 0.361. The summed E-state index contributed by atoms with van der Waals surface area (Å²) in [6.07, 6.45) is 0.864. The Bertz CT molecular complexity index is 496. The lowest BCUT2D eigenvalue weighted by atomic mass is 9.72. The standard InChI is InChI=1S/C13H15NO4/c14-11(12(15)16)13(6-17-7-13)9-1-2-10-8(5-9)3-4-18-10/h1-2,5,11H,3-4,6-7,14H2,(H,15,16). The van der Waals surface area contributed by atoms with Crippen LogP contribution in [0.15, 0.2) is 18.2 Å². The van der Waals surface area contributed by atoms with E-state index in [9.17, 15) is 4.79 Å². The molecule has 3 N–H and O–H groups in total. The summed E-state index contributed by atoms with van der Waals surface area (Å²) in [5.74, 6) is -0.104. The van der Waals surface area contributed by atoms with Gasteiger partial charge in [-0.3, -0.25) is 4.79 Å². The monoisotopic (exact) mass is 249 g/mol. The van der Waals surface area contributed by atoms with E-state index in [1.54, 1.807) is 0 Å². The molecule has 1 aromatic carbocycles. The summed E-state index contributed by atoms with van der Waals surface area (Å²) in [6.45, 7) is 1.41. The van der Waals surface area contributed by atoms with Gasteiger partial charge in [-0.2, -0.15) is 0 Å². The van der Waals surface area contributed by atoms with E-state index in [4.69, 9.17) is 20.3 Å². The van der Waals surface area contributed by atoms with Crippen LogP contribution < -0.4 is 10.5 Å². The molecule has 3 rings (SSSR count). The second-order valence-corrected chi connectivity index (χ2v) is 4.89. The highest BCUT2D eigenvalue weighted by Gasteiger charge is 2.49. The number of fused-ring (bicyclic) bond motifs is 1. The highest BCUT2D eigenvalue weighted by Crippen LogP contribution is 2.38. The average Bonchev–Trinajstić information content (AvgIpc) is 2.74. The number of carbonyl (C=O) groups is 1. The SMILES string of the molecule is NC(C(=O)O)C1(c2ccc3c(c2)CCO3)COC1. The van der Waals surface area contributed by atoms with Crippen molar-refractivity contribution in [1.29, 1.82) is 0 Å². The molecule has 18 heavy (non-hydrogen) atoms. The van der Waals surface area contributed by atoms with Crippen molar-refractivity contribution in [3.05, 3.63) is 29.3 Å². The Kier molecular flexibility index (Phi) is 2.53. The molecule has 0 amide bonds. The van der Waals surface area contributed by atoms with Crippen LogP contribution in [0.5, 0.6) is 5.75 Å². The highest BCUT2D eigenvalue weighted by molar-refractivity contribution is 5.76. The van der Waals surface area contributed by atoms with Gasteiger partial charge in [-0.1, -0.05) is 12.1 Å². The van der Waals surface area contributed by atoms with Crippen LogP contribution in [0, 0.1) is 0 Å². The molecule has 0 bridgehead atoms. The van der Waals surface area contributed by atoms with Crippen molar-refractivity contribution in [3.8, 4) is 5.75 Å². The summed E-state index contributed by atoms with van der Waals surface area (Å²) < 4.78 is 10.7. The Morgan fingerprint density at radius 1 is 1.44 bits per heavy atom. The zero-order valence-corrected chi connectivity index (χ0v) is 9.89. The first-order valence-electron chi connectivity index (χ1n) is 5.96. The average molecular weight is 249 g/mol. The molecule has 0 saturated carbocycles. The molecular formula is C13H15NO4. The van der Waals surface area contributed by atoms with E-state index >= 15 is 0 Å². The van der Waals surface area contributed by atoms with Crippen LogP contribution in [0.4, 0.5) is 0 Å². The summed E-state index contributed by atoms with van der Waals surface area (Å²) in [7, 11) is 0. The first-order chi connectivity index (χ1) is 8.63.